The lowest BCUT2D eigenvalue weighted by atomic mass is 10.3. The molecule has 0 radical (unpaired) electrons. The van der Waals surface area contributed by atoms with E-state index in [-0.39, 0.29) is 6.61 Å². The SMILES string of the molecule is OCCOCCSc1nc2ccccc2[nH]1. The van der Waals surface area contributed by atoms with E-state index in [0.717, 1.165) is 21.9 Å². The minimum atomic E-state index is 0.0787. The number of benzene rings is 1. The monoisotopic (exact) mass is 238 g/mol. The van der Waals surface area contributed by atoms with Crippen molar-refractivity contribution in [2.24, 2.45) is 0 Å². The molecule has 0 atom stereocenters. The Morgan fingerprint density at radius 1 is 1.31 bits per heavy atom. The van der Waals surface area contributed by atoms with E-state index < -0.39 is 0 Å². The molecule has 1 aromatic carbocycles. The van der Waals surface area contributed by atoms with E-state index >= 15 is 0 Å². The molecule has 1 heterocycles. The Kier molecular flexibility index (Phi) is 4.21. The molecule has 0 aliphatic carbocycles. The lowest BCUT2D eigenvalue weighted by Gasteiger charge is -1.99. The normalized spacial score (nSPS) is 11.1. The molecule has 0 aliphatic heterocycles. The highest BCUT2D eigenvalue weighted by atomic mass is 32.2. The average molecular weight is 238 g/mol. The lowest BCUT2D eigenvalue weighted by molar-refractivity contribution is 0.103. The van der Waals surface area contributed by atoms with Crippen LogP contribution in [-0.2, 0) is 4.74 Å². The average Bonchev–Trinajstić information content (AvgIpc) is 2.71. The highest BCUT2D eigenvalue weighted by Gasteiger charge is 2.01. The van der Waals surface area contributed by atoms with Gasteiger partial charge in [-0.05, 0) is 12.1 Å². The van der Waals surface area contributed by atoms with Crippen molar-refractivity contribution in [3.05, 3.63) is 24.3 Å². The molecule has 0 amide bonds. The van der Waals surface area contributed by atoms with E-state index in [0.29, 0.717) is 13.2 Å². The second kappa shape index (κ2) is 5.89. The summed E-state index contributed by atoms with van der Waals surface area (Å²) in [5.74, 6) is 0.833. The van der Waals surface area contributed by atoms with Crippen LogP contribution >= 0.6 is 11.8 Å². The van der Waals surface area contributed by atoms with Crippen molar-refractivity contribution in [3.8, 4) is 0 Å². The van der Waals surface area contributed by atoms with Gasteiger partial charge in [0, 0.05) is 5.75 Å². The van der Waals surface area contributed by atoms with Gasteiger partial charge in [-0.3, -0.25) is 0 Å². The Hall–Kier alpha value is -1.04. The number of aliphatic hydroxyl groups excluding tert-OH is 1. The number of nitrogens with one attached hydrogen (secondary N) is 1. The van der Waals surface area contributed by atoms with Crippen LogP contribution in [-0.4, -0.2) is 40.6 Å². The van der Waals surface area contributed by atoms with Gasteiger partial charge >= 0.3 is 0 Å². The van der Waals surface area contributed by atoms with E-state index in [4.69, 9.17) is 9.84 Å². The number of hydrogen-bond acceptors (Lipinski definition) is 4. The number of imidazole rings is 1. The maximum Gasteiger partial charge on any atom is 0.166 e. The van der Waals surface area contributed by atoms with E-state index in [1.54, 1.807) is 11.8 Å². The highest BCUT2D eigenvalue weighted by Crippen LogP contribution is 2.18. The molecule has 1 aromatic heterocycles. The molecule has 5 heteroatoms. The van der Waals surface area contributed by atoms with Crippen molar-refractivity contribution >= 4 is 22.8 Å². The number of aliphatic hydroxyl groups is 1. The number of ether oxygens (including phenoxy) is 1. The van der Waals surface area contributed by atoms with E-state index in [2.05, 4.69) is 9.97 Å². The fourth-order valence-electron chi connectivity index (χ4n) is 1.36. The van der Waals surface area contributed by atoms with Gasteiger partial charge in [-0.15, -0.1) is 0 Å². The van der Waals surface area contributed by atoms with Gasteiger partial charge in [0.1, 0.15) is 0 Å². The Morgan fingerprint density at radius 2 is 2.19 bits per heavy atom. The first-order chi connectivity index (χ1) is 7.90. The number of rotatable bonds is 6. The predicted octanol–water partition coefficient (Wildman–Crippen LogP) is 1.66. The van der Waals surface area contributed by atoms with E-state index in [1.165, 1.54) is 0 Å². The van der Waals surface area contributed by atoms with Gasteiger partial charge in [-0.2, -0.15) is 0 Å². The zero-order valence-electron chi connectivity index (χ0n) is 8.85. The fraction of sp³-hybridized carbons (Fsp3) is 0.364. The van der Waals surface area contributed by atoms with Crippen molar-refractivity contribution in [2.45, 2.75) is 5.16 Å². The Bertz CT molecular complexity index is 411. The second-order valence-electron chi connectivity index (χ2n) is 3.24. The van der Waals surface area contributed by atoms with Crippen molar-refractivity contribution < 1.29 is 9.84 Å². The Labute approximate surface area is 98.0 Å². The minimum Gasteiger partial charge on any atom is -0.394 e. The van der Waals surface area contributed by atoms with Crippen molar-refractivity contribution in [1.82, 2.24) is 9.97 Å². The van der Waals surface area contributed by atoms with Crippen LogP contribution in [0, 0.1) is 0 Å². The maximum atomic E-state index is 8.53. The van der Waals surface area contributed by atoms with Gasteiger partial charge in [0.15, 0.2) is 5.16 Å². The number of para-hydroxylation sites is 2. The van der Waals surface area contributed by atoms with Crippen molar-refractivity contribution in [1.29, 1.82) is 0 Å². The predicted molar refractivity (Wildman–Crippen MR) is 64.7 cm³/mol. The third kappa shape index (κ3) is 2.98. The topological polar surface area (TPSA) is 58.1 Å². The van der Waals surface area contributed by atoms with Crippen LogP contribution < -0.4 is 0 Å². The molecule has 0 saturated heterocycles. The maximum absolute atomic E-state index is 8.53. The molecule has 2 rings (SSSR count). The molecular weight excluding hydrogens is 224 g/mol. The molecule has 0 bridgehead atoms. The molecular formula is C11H14N2O2S. The molecule has 2 aromatic rings. The van der Waals surface area contributed by atoms with Gasteiger partial charge in [0.2, 0.25) is 0 Å². The van der Waals surface area contributed by atoms with Crippen LogP contribution in [0.25, 0.3) is 11.0 Å². The number of H-pyrrole nitrogens is 1. The summed E-state index contributed by atoms with van der Waals surface area (Å²) in [7, 11) is 0. The summed E-state index contributed by atoms with van der Waals surface area (Å²) in [6, 6.07) is 7.95. The lowest BCUT2D eigenvalue weighted by Crippen LogP contribution is -2.02. The molecule has 4 nitrogen and oxygen atoms in total. The molecule has 0 spiro atoms. The first kappa shape index (κ1) is 11.4. The number of aromatic nitrogens is 2. The Morgan fingerprint density at radius 3 is 3.00 bits per heavy atom. The quantitative estimate of drug-likeness (QED) is 0.593. The van der Waals surface area contributed by atoms with Gasteiger partial charge in [0.05, 0.1) is 30.9 Å². The molecule has 0 fully saturated rings. The third-order valence-electron chi connectivity index (χ3n) is 2.07. The summed E-state index contributed by atoms with van der Waals surface area (Å²) < 4.78 is 5.17. The first-order valence-corrected chi connectivity index (χ1v) is 6.15. The van der Waals surface area contributed by atoms with Crippen molar-refractivity contribution in [3.63, 3.8) is 0 Å². The standard InChI is InChI=1S/C11H14N2O2S/c14-5-6-15-7-8-16-11-12-9-3-1-2-4-10(9)13-11/h1-4,14H,5-8H2,(H,12,13). The number of fused-ring (bicyclic) bond motifs is 1. The largest absolute Gasteiger partial charge is 0.394 e. The first-order valence-electron chi connectivity index (χ1n) is 5.16. The van der Waals surface area contributed by atoms with Gasteiger partial charge in [-0.25, -0.2) is 4.98 Å². The van der Waals surface area contributed by atoms with E-state index in [9.17, 15) is 0 Å². The van der Waals surface area contributed by atoms with Crippen molar-refractivity contribution in [2.75, 3.05) is 25.6 Å². The summed E-state index contributed by atoms with van der Waals surface area (Å²) in [6.07, 6.45) is 0. The van der Waals surface area contributed by atoms with E-state index in [1.807, 2.05) is 24.3 Å². The zero-order chi connectivity index (χ0) is 11.2. The molecule has 0 aliphatic rings. The molecule has 16 heavy (non-hydrogen) atoms. The molecule has 0 saturated carbocycles. The molecule has 2 N–H and O–H groups in total. The van der Waals surface area contributed by atoms with Gasteiger partial charge in [0.25, 0.3) is 0 Å². The smallest absolute Gasteiger partial charge is 0.166 e. The number of thioether (sulfide) groups is 1. The number of aromatic amines is 1. The summed E-state index contributed by atoms with van der Waals surface area (Å²) in [5.41, 5.74) is 2.04. The third-order valence-corrected chi connectivity index (χ3v) is 2.91. The van der Waals surface area contributed by atoms with Gasteiger partial charge in [-0.1, -0.05) is 23.9 Å². The number of nitrogens with zero attached hydrogens (tertiary/aromatic N) is 1. The van der Waals surface area contributed by atoms with Crippen LogP contribution in [0.3, 0.4) is 0 Å². The zero-order valence-corrected chi connectivity index (χ0v) is 9.67. The van der Waals surface area contributed by atoms with Crippen LogP contribution in [0.5, 0.6) is 0 Å². The summed E-state index contributed by atoms with van der Waals surface area (Å²) in [6.45, 7) is 1.11. The van der Waals surface area contributed by atoms with Crippen LogP contribution in [0.2, 0.25) is 0 Å². The minimum absolute atomic E-state index is 0.0787. The van der Waals surface area contributed by atoms with Crippen LogP contribution in [0.15, 0.2) is 29.4 Å². The molecule has 0 unspecified atom stereocenters. The van der Waals surface area contributed by atoms with Crippen LogP contribution in [0.4, 0.5) is 0 Å². The second-order valence-corrected chi connectivity index (χ2v) is 4.33. The Balaban J connectivity index is 1.85. The fourth-order valence-corrected chi connectivity index (χ4v) is 2.10. The number of hydrogen-bond donors (Lipinski definition) is 2. The summed E-state index contributed by atoms with van der Waals surface area (Å²) in [4.78, 5) is 7.67. The van der Waals surface area contributed by atoms with Gasteiger partial charge < -0.3 is 14.8 Å². The summed E-state index contributed by atoms with van der Waals surface area (Å²) >= 11 is 1.62. The van der Waals surface area contributed by atoms with Crippen LogP contribution in [0.1, 0.15) is 0 Å². The summed E-state index contributed by atoms with van der Waals surface area (Å²) in [5, 5.41) is 9.44. The highest BCUT2D eigenvalue weighted by molar-refractivity contribution is 7.99. The molecule has 86 valence electrons.